The standard InChI is InChI=1S/C27H26N2O3S/c1-20-15-16-24(17-21(20)2)29(33(31,32)25-12-4-3-5-13-25)19-27(30)28-18-23-11-8-10-22-9-6-7-14-26(22)23/h3-17H,18-19H2,1-2H3,(H,28,30). The van der Waals surface area contributed by atoms with E-state index in [2.05, 4.69) is 5.32 Å². The van der Waals surface area contributed by atoms with Gasteiger partial charge in [-0.2, -0.15) is 0 Å². The zero-order valence-corrected chi connectivity index (χ0v) is 19.5. The molecule has 4 aromatic rings. The molecule has 0 bridgehead atoms. The van der Waals surface area contributed by atoms with Gasteiger partial charge in [0.2, 0.25) is 5.91 Å². The highest BCUT2D eigenvalue weighted by Gasteiger charge is 2.27. The average Bonchev–Trinajstić information content (AvgIpc) is 2.83. The van der Waals surface area contributed by atoms with Crippen LogP contribution < -0.4 is 9.62 Å². The Morgan fingerprint density at radius 1 is 0.818 bits per heavy atom. The van der Waals surface area contributed by atoms with Crippen molar-refractivity contribution in [3.63, 3.8) is 0 Å². The number of rotatable bonds is 7. The summed E-state index contributed by atoms with van der Waals surface area (Å²) in [6.45, 7) is 3.88. The van der Waals surface area contributed by atoms with E-state index in [1.54, 1.807) is 30.3 Å². The summed E-state index contributed by atoms with van der Waals surface area (Å²) in [5.41, 5.74) is 3.44. The van der Waals surface area contributed by atoms with Gasteiger partial charge in [-0.15, -0.1) is 0 Å². The Balaban J connectivity index is 1.61. The van der Waals surface area contributed by atoms with Gasteiger partial charge < -0.3 is 5.32 Å². The molecule has 0 heterocycles. The number of aryl methyl sites for hydroxylation is 2. The maximum absolute atomic E-state index is 13.5. The Kier molecular flexibility index (Phi) is 6.47. The van der Waals surface area contributed by atoms with Gasteiger partial charge in [-0.1, -0.05) is 66.7 Å². The molecule has 0 aliphatic carbocycles. The Morgan fingerprint density at radius 3 is 2.27 bits per heavy atom. The van der Waals surface area contributed by atoms with Gasteiger partial charge in [0.15, 0.2) is 0 Å². The number of carbonyl (C=O) groups is 1. The summed E-state index contributed by atoms with van der Waals surface area (Å²) in [5, 5.41) is 5.04. The summed E-state index contributed by atoms with van der Waals surface area (Å²) >= 11 is 0. The van der Waals surface area contributed by atoms with Crippen molar-refractivity contribution in [1.82, 2.24) is 5.32 Å². The van der Waals surface area contributed by atoms with Crippen molar-refractivity contribution in [2.24, 2.45) is 0 Å². The number of benzene rings is 4. The van der Waals surface area contributed by atoms with Crippen LogP contribution in [0.5, 0.6) is 0 Å². The maximum Gasteiger partial charge on any atom is 0.264 e. The number of sulfonamides is 1. The lowest BCUT2D eigenvalue weighted by atomic mass is 10.0. The van der Waals surface area contributed by atoms with E-state index in [4.69, 9.17) is 0 Å². The maximum atomic E-state index is 13.5. The zero-order chi connectivity index (χ0) is 23.4. The lowest BCUT2D eigenvalue weighted by Crippen LogP contribution is -2.40. The summed E-state index contributed by atoms with van der Waals surface area (Å²) in [5.74, 6) is -0.374. The Labute approximate surface area is 194 Å². The normalized spacial score (nSPS) is 11.3. The van der Waals surface area contributed by atoms with E-state index in [9.17, 15) is 13.2 Å². The number of hydrogen-bond donors (Lipinski definition) is 1. The van der Waals surface area contributed by atoms with Crippen LogP contribution in [0.4, 0.5) is 5.69 Å². The van der Waals surface area contributed by atoms with E-state index in [1.165, 1.54) is 16.4 Å². The number of anilines is 1. The summed E-state index contributed by atoms with van der Waals surface area (Å²) in [7, 11) is -3.92. The van der Waals surface area contributed by atoms with Gasteiger partial charge in [-0.05, 0) is 65.6 Å². The molecule has 0 unspecified atom stereocenters. The van der Waals surface area contributed by atoms with Gasteiger partial charge in [0, 0.05) is 6.54 Å². The van der Waals surface area contributed by atoms with E-state index in [1.807, 2.05) is 62.4 Å². The minimum Gasteiger partial charge on any atom is -0.350 e. The first-order valence-electron chi connectivity index (χ1n) is 10.7. The second-order valence-electron chi connectivity index (χ2n) is 8.01. The van der Waals surface area contributed by atoms with Crippen molar-refractivity contribution in [3.05, 3.63) is 108 Å². The fourth-order valence-electron chi connectivity index (χ4n) is 3.74. The van der Waals surface area contributed by atoms with Gasteiger partial charge in [0.1, 0.15) is 6.54 Å². The molecule has 33 heavy (non-hydrogen) atoms. The van der Waals surface area contributed by atoms with Gasteiger partial charge in [0.05, 0.1) is 10.6 Å². The first-order valence-corrected chi connectivity index (χ1v) is 12.2. The predicted molar refractivity (Wildman–Crippen MR) is 133 cm³/mol. The zero-order valence-electron chi connectivity index (χ0n) is 18.7. The highest BCUT2D eigenvalue weighted by Crippen LogP contribution is 2.26. The molecular formula is C27H26N2O3S. The molecule has 0 aromatic heterocycles. The van der Waals surface area contributed by atoms with Crippen LogP contribution in [0, 0.1) is 13.8 Å². The lowest BCUT2D eigenvalue weighted by molar-refractivity contribution is -0.119. The van der Waals surface area contributed by atoms with Crippen molar-refractivity contribution in [2.45, 2.75) is 25.3 Å². The van der Waals surface area contributed by atoms with Crippen molar-refractivity contribution in [3.8, 4) is 0 Å². The molecule has 6 heteroatoms. The number of nitrogens with zero attached hydrogens (tertiary/aromatic N) is 1. The second kappa shape index (κ2) is 9.46. The Bertz CT molecular complexity index is 1390. The summed E-state index contributed by atoms with van der Waals surface area (Å²) < 4.78 is 28.1. The molecule has 0 atom stereocenters. The molecule has 1 N–H and O–H groups in total. The molecule has 0 saturated carbocycles. The molecule has 1 amide bonds. The topological polar surface area (TPSA) is 66.5 Å². The van der Waals surface area contributed by atoms with Crippen LogP contribution in [0.2, 0.25) is 0 Å². The molecule has 4 aromatic carbocycles. The molecule has 0 radical (unpaired) electrons. The summed E-state index contributed by atoms with van der Waals surface area (Å²) in [6.07, 6.45) is 0. The third-order valence-corrected chi connectivity index (χ3v) is 7.54. The monoisotopic (exact) mass is 458 g/mol. The van der Waals surface area contributed by atoms with Gasteiger partial charge in [0.25, 0.3) is 10.0 Å². The van der Waals surface area contributed by atoms with Gasteiger partial charge >= 0.3 is 0 Å². The highest BCUT2D eigenvalue weighted by atomic mass is 32.2. The number of amides is 1. The van der Waals surface area contributed by atoms with Crippen molar-refractivity contribution in [1.29, 1.82) is 0 Å². The largest absolute Gasteiger partial charge is 0.350 e. The van der Waals surface area contributed by atoms with E-state index in [0.29, 0.717) is 12.2 Å². The van der Waals surface area contributed by atoms with Crippen LogP contribution in [0.3, 0.4) is 0 Å². The minimum absolute atomic E-state index is 0.144. The average molecular weight is 459 g/mol. The van der Waals surface area contributed by atoms with Crippen molar-refractivity contribution in [2.75, 3.05) is 10.8 Å². The van der Waals surface area contributed by atoms with E-state index in [0.717, 1.165) is 27.5 Å². The molecule has 0 fully saturated rings. The molecule has 0 aliphatic rings. The SMILES string of the molecule is Cc1ccc(N(CC(=O)NCc2cccc3ccccc23)S(=O)(=O)c2ccccc2)cc1C. The van der Waals surface area contributed by atoms with E-state index >= 15 is 0 Å². The van der Waals surface area contributed by atoms with Crippen LogP contribution >= 0.6 is 0 Å². The van der Waals surface area contributed by atoms with Crippen LogP contribution in [0.1, 0.15) is 16.7 Å². The van der Waals surface area contributed by atoms with Crippen LogP contribution in [-0.2, 0) is 21.4 Å². The van der Waals surface area contributed by atoms with Crippen LogP contribution in [0.25, 0.3) is 10.8 Å². The molecule has 5 nitrogen and oxygen atoms in total. The van der Waals surface area contributed by atoms with Crippen LogP contribution in [-0.4, -0.2) is 20.9 Å². The molecule has 4 rings (SSSR count). The number of hydrogen-bond acceptors (Lipinski definition) is 3. The third-order valence-electron chi connectivity index (χ3n) is 5.75. The predicted octanol–water partition coefficient (Wildman–Crippen LogP) is 4.97. The number of nitrogens with one attached hydrogen (secondary N) is 1. The van der Waals surface area contributed by atoms with Gasteiger partial charge in [-0.25, -0.2) is 8.42 Å². The fraction of sp³-hybridized carbons (Fsp3) is 0.148. The van der Waals surface area contributed by atoms with E-state index < -0.39 is 10.0 Å². The van der Waals surface area contributed by atoms with Crippen LogP contribution in [0.15, 0.2) is 95.9 Å². The molecule has 0 saturated heterocycles. The Hall–Kier alpha value is -3.64. The number of fused-ring (bicyclic) bond motifs is 1. The highest BCUT2D eigenvalue weighted by molar-refractivity contribution is 7.92. The molecule has 0 spiro atoms. The number of carbonyl (C=O) groups excluding carboxylic acids is 1. The lowest BCUT2D eigenvalue weighted by Gasteiger charge is -2.25. The van der Waals surface area contributed by atoms with Crippen molar-refractivity contribution >= 4 is 32.4 Å². The first kappa shape index (κ1) is 22.6. The quantitative estimate of drug-likeness (QED) is 0.425. The molecule has 168 valence electrons. The fourth-order valence-corrected chi connectivity index (χ4v) is 5.18. The second-order valence-corrected chi connectivity index (χ2v) is 9.87. The molecule has 0 aliphatic heterocycles. The molecular weight excluding hydrogens is 432 g/mol. The third kappa shape index (κ3) is 4.91. The van der Waals surface area contributed by atoms with Gasteiger partial charge in [-0.3, -0.25) is 9.10 Å². The summed E-state index contributed by atoms with van der Waals surface area (Å²) in [4.78, 5) is 13.1. The first-order chi connectivity index (χ1) is 15.9. The Morgan fingerprint density at radius 2 is 1.52 bits per heavy atom. The summed E-state index contributed by atoms with van der Waals surface area (Å²) in [6, 6.07) is 27.5. The smallest absolute Gasteiger partial charge is 0.264 e. The van der Waals surface area contributed by atoms with E-state index in [-0.39, 0.29) is 17.3 Å². The van der Waals surface area contributed by atoms with Crippen molar-refractivity contribution < 1.29 is 13.2 Å². The minimum atomic E-state index is -3.92.